The molecule has 0 saturated carbocycles. The second-order valence-electron chi connectivity index (χ2n) is 2.20. The van der Waals surface area contributed by atoms with Crippen LogP contribution in [0, 0.1) is 0 Å². The summed E-state index contributed by atoms with van der Waals surface area (Å²) < 4.78 is 26.3. The van der Waals surface area contributed by atoms with Gasteiger partial charge < -0.3 is 13.8 Å². The SMILES string of the molecule is COP(=O)(OC)C1=CC=CC=CO1. The predicted octanol–water partition coefficient (Wildman–Crippen LogP) is 2.41. The predicted molar refractivity (Wildman–Crippen MR) is 49.1 cm³/mol. The topological polar surface area (TPSA) is 44.8 Å². The van der Waals surface area contributed by atoms with E-state index in [1.54, 1.807) is 24.3 Å². The van der Waals surface area contributed by atoms with Gasteiger partial charge in [-0.25, -0.2) is 0 Å². The molecule has 0 aromatic carbocycles. The molecule has 1 aliphatic heterocycles. The van der Waals surface area contributed by atoms with E-state index in [0.717, 1.165) is 0 Å². The molecule has 1 aliphatic rings. The van der Waals surface area contributed by atoms with Crippen LogP contribution in [0.3, 0.4) is 0 Å². The minimum absolute atomic E-state index is 0.183. The summed E-state index contributed by atoms with van der Waals surface area (Å²) in [5, 5.41) is 0. The van der Waals surface area contributed by atoms with Gasteiger partial charge >= 0.3 is 7.60 Å². The van der Waals surface area contributed by atoms with Gasteiger partial charge in [0, 0.05) is 14.2 Å². The van der Waals surface area contributed by atoms with E-state index < -0.39 is 7.60 Å². The third-order valence-electron chi connectivity index (χ3n) is 1.48. The van der Waals surface area contributed by atoms with Crippen molar-refractivity contribution in [3.63, 3.8) is 0 Å². The molecule has 72 valence electrons. The van der Waals surface area contributed by atoms with Crippen LogP contribution in [0.2, 0.25) is 0 Å². The lowest BCUT2D eigenvalue weighted by Gasteiger charge is -2.14. The summed E-state index contributed by atoms with van der Waals surface area (Å²) in [5.74, 6) is 0. The molecule has 0 N–H and O–H groups in total. The fourth-order valence-corrected chi connectivity index (χ4v) is 1.77. The van der Waals surface area contributed by atoms with Crippen LogP contribution in [0.1, 0.15) is 0 Å². The van der Waals surface area contributed by atoms with Crippen LogP contribution in [0.5, 0.6) is 0 Å². The minimum Gasteiger partial charge on any atom is -0.456 e. The first-order valence-corrected chi connectivity index (χ1v) is 5.19. The summed E-state index contributed by atoms with van der Waals surface area (Å²) in [4.78, 5) is 0. The Morgan fingerprint density at radius 1 is 1.23 bits per heavy atom. The first kappa shape index (κ1) is 10.3. The molecule has 1 heterocycles. The van der Waals surface area contributed by atoms with Gasteiger partial charge in [0.25, 0.3) is 0 Å². The van der Waals surface area contributed by atoms with Gasteiger partial charge in [-0.2, -0.15) is 0 Å². The molecule has 0 aromatic heterocycles. The van der Waals surface area contributed by atoms with Gasteiger partial charge in [0.05, 0.1) is 6.26 Å². The number of hydrogen-bond donors (Lipinski definition) is 0. The number of hydrogen-bond acceptors (Lipinski definition) is 4. The molecule has 0 aromatic rings. The van der Waals surface area contributed by atoms with E-state index >= 15 is 0 Å². The number of allylic oxidation sites excluding steroid dienone is 4. The Kier molecular flexibility index (Phi) is 3.48. The van der Waals surface area contributed by atoms with E-state index in [1.165, 1.54) is 20.5 Å². The second kappa shape index (κ2) is 4.42. The van der Waals surface area contributed by atoms with Gasteiger partial charge in [0.1, 0.15) is 0 Å². The Morgan fingerprint density at radius 3 is 2.54 bits per heavy atom. The van der Waals surface area contributed by atoms with Crippen LogP contribution in [-0.2, 0) is 18.3 Å². The van der Waals surface area contributed by atoms with Crippen molar-refractivity contribution < 1.29 is 18.3 Å². The van der Waals surface area contributed by atoms with Crippen molar-refractivity contribution in [1.29, 1.82) is 0 Å². The van der Waals surface area contributed by atoms with E-state index in [-0.39, 0.29) is 5.50 Å². The van der Waals surface area contributed by atoms with Crippen molar-refractivity contribution in [3.8, 4) is 0 Å². The van der Waals surface area contributed by atoms with E-state index in [9.17, 15) is 4.57 Å². The monoisotopic (exact) mass is 202 g/mol. The molecule has 0 radical (unpaired) electrons. The zero-order valence-corrected chi connectivity index (χ0v) is 8.36. The summed E-state index contributed by atoms with van der Waals surface area (Å²) in [6, 6.07) is 0. The summed E-state index contributed by atoms with van der Waals surface area (Å²) in [6.45, 7) is 0. The van der Waals surface area contributed by atoms with Crippen molar-refractivity contribution >= 4 is 7.60 Å². The maximum absolute atomic E-state index is 11.8. The molecular formula is C8H11O4P. The lowest BCUT2D eigenvalue weighted by atomic mass is 10.5. The smallest absolute Gasteiger partial charge is 0.395 e. The van der Waals surface area contributed by atoms with Crippen LogP contribution >= 0.6 is 7.60 Å². The van der Waals surface area contributed by atoms with Crippen molar-refractivity contribution in [2.45, 2.75) is 0 Å². The highest BCUT2D eigenvalue weighted by atomic mass is 31.2. The van der Waals surface area contributed by atoms with Crippen molar-refractivity contribution in [2.24, 2.45) is 0 Å². The first-order chi connectivity index (χ1) is 6.23. The molecule has 1 rings (SSSR count). The zero-order chi connectivity index (χ0) is 9.73. The third-order valence-corrected chi connectivity index (χ3v) is 3.23. The van der Waals surface area contributed by atoms with Crippen LogP contribution in [0.25, 0.3) is 0 Å². The lowest BCUT2D eigenvalue weighted by Crippen LogP contribution is -1.93. The normalized spacial score (nSPS) is 16.3. The minimum atomic E-state index is -3.25. The van der Waals surface area contributed by atoms with Crippen LogP contribution in [0.4, 0.5) is 0 Å². The average molecular weight is 202 g/mol. The summed E-state index contributed by atoms with van der Waals surface area (Å²) in [7, 11) is -0.623. The van der Waals surface area contributed by atoms with Gasteiger partial charge in [-0.15, -0.1) is 0 Å². The quantitative estimate of drug-likeness (QED) is 0.659. The standard InChI is InChI=1S/C8H11O4P/c1-10-13(9,11-2)8-6-4-3-5-7-12-8/h3-7H,1-2H3. The van der Waals surface area contributed by atoms with Crippen LogP contribution in [0.15, 0.2) is 36.1 Å². The van der Waals surface area contributed by atoms with Gasteiger partial charge in [-0.3, -0.25) is 4.57 Å². The van der Waals surface area contributed by atoms with Crippen molar-refractivity contribution in [2.75, 3.05) is 14.2 Å². The van der Waals surface area contributed by atoms with Gasteiger partial charge in [0.2, 0.25) is 5.50 Å². The van der Waals surface area contributed by atoms with Gasteiger partial charge in [-0.1, -0.05) is 12.2 Å². The van der Waals surface area contributed by atoms with E-state index in [0.29, 0.717) is 0 Å². The molecule has 0 fully saturated rings. The molecular weight excluding hydrogens is 191 g/mol. The largest absolute Gasteiger partial charge is 0.456 e. The van der Waals surface area contributed by atoms with E-state index in [1.807, 2.05) is 0 Å². The first-order valence-electron chi connectivity index (χ1n) is 3.65. The molecule has 0 aliphatic carbocycles. The highest BCUT2D eigenvalue weighted by Gasteiger charge is 2.29. The fourth-order valence-electron chi connectivity index (χ4n) is 0.806. The molecule has 0 spiro atoms. The molecule has 0 bridgehead atoms. The number of ether oxygens (including phenoxy) is 1. The fraction of sp³-hybridized carbons (Fsp3) is 0.250. The molecule has 4 nitrogen and oxygen atoms in total. The summed E-state index contributed by atoms with van der Waals surface area (Å²) >= 11 is 0. The Morgan fingerprint density at radius 2 is 1.92 bits per heavy atom. The molecule has 0 unspecified atom stereocenters. The lowest BCUT2D eigenvalue weighted by molar-refractivity contribution is 0.254. The zero-order valence-electron chi connectivity index (χ0n) is 7.47. The average Bonchev–Trinajstić information content (AvgIpc) is 2.45. The highest BCUT2D eigenvalue weighted by molar-refractivity contribution is 7.58. The Balaban J connectivity index is 2.92. The molecule has 0 atom stereocenters. The van der Waals surface area contributed by atoms with E-state index in [2.05, 4.69) is 0 Å². The molecule has 0 amide bonds. The summed E-state index contributed by atoms with van der Waals surface area (Å²) in [6.07, 6.45) is 8.10. The molecule has 0 saturated heterocycles. The summed E-state index contributed by atoms with van der Waals surface area (Å²) in [5.41, 5.74) is 0.183. The maximum Gasteiger partial charge on any atom is 0.395 e. The highest BCUT2D eigenvalue weighted by Crippen LogP contribution is 2.55. The van der Waals surface area contributed by atoms with Crippen LogP contribution in [-0.4, -0.2) is 14.2 Å². The number of rotatable bonds is 3. The van der Waals surface area contributed by atoms with E-state index in [4.69, 9.17) is 13.8 Å². The van der Waals surface area contributed by atoms with Gasteiger partial charge in [0.15, 0.2) is 0 Å². The third kappa shape index (κ3) is 2.31. The Bertz CT molecular complexity index is 295. The van der Waals surface area contributed by atoms with Crippen molar-refractivity contribution in [3.05, 3.63) is 36.1 Å². The Labute approximate surface area is 77.0 Å². The van der Waals surface area contributed by atoms with Crippen LogP contribution < -0.4 is 0 Å². The molecule has 5 heteroatoms. The Hall–Kier alpha value is -0.830. The second-order valence-corrected chi connectivity index (χ2v) is 4.36. The molecule has 13 heavy (non-hydrogen) atoms. The maximum atomic E-state index is 11.8. The van der Waals surface area contributed by atoms with Crippen molar-refractivity contribution in [1.82, 2.24) is 0 Å². The van der Waals surface area contributed by atoms with Gasteiger partial charge in [-0.05, 0) is 12.2 Å².